The average molecular weight is 1840 g/mol. The zero-order valence-electron chi connectivity index (χ0n) is 75.2. The molecule has 3 aliphatic rings. The van der Waals surface area contributed by atoms with Gasteiger partial charge in [0.15, 0.2) is 0 Å². The number of hydrogen-bond donors (Lipinski definition) is 9. The Hall–Kier alpha value is -14.5. The molecule has 135 heavy (non-hydrogen) atoms. The van der Waals surface area contributed by atoms with E-state index in [0.717, 1.165) is 66.3 Å². The van der Waals surface area contributed by atoms with E-state index in [1.165, 1.54) is 42.5 Å². The van der Waals surface area contributed by atoms with E-state index in [4.69, 9.17) is 15.0 Å². The van der Waals surface area contributed by atoms with Crippen molar-refractivity contribution in [1.29, 1.82) is 0 Å². The van der Waals surface area contributed by atoms with Gasteiger partial charge < -0.3 is 46.0 Å². The maximum absolute atomic E-state index is 12.0. The molecule has 0 spiro atoms. The molecule has 10 aromatic heterocycles. The van der Waals surface area contributed by atoms with E-state index >= 15 is 0 Å². The van der Waals surface area contributed by atoms with E-state index in [0.29, 0.717) is 221 Å². The molecule has 0 saturated carbocycles. The molecule has 0 amide bonds. The number of nitrogens with zero attached hydrogens (tertiary/aromatic N) is 19. The number of carbonyl (C=O) groups is 9. The highest BCUT2D eigenvalue weighted by atomic mass is 16.4. The van der Waals surface area contributed by atoms with E-state index < -0.39 is 53.7 Å². The molecule has 0 aromatic carbocycles. The fourth-order valence-electron chi connectivity index (χ4n) is 15.4. The molecule has 0 aliphatic carbocycles. The minimum atomic E-state index is -1.14. The van der Waals surface area contributed by atoms with Crippen molar-refractivity contribution in [3.05, 3.63) is 295 Å². The van der Waals surface area contributed by atoms with Gasteiger partial charge in [0.2, 0.25) is 0 Å². The first-order valence-corrected chi connectivity index (χ1v) is 44.3. The van der Waals surface area contributed by atoms with Gasteiger partial charge in [0, 0.05) is 188 Å². The molecule has 6 bridgehead atoms. The lowest BCUT2D eigenvalue weighted by Gasteiger charge is -2.31. The Morgan fingerprint density at radius 1 is 0.259 bits per heavy atom. The van der Waals surface area contributed by atoms with Gasteiger partial charge in [-0.15, -0.1) is 0 Å². The highest BCUT2D eigenvalue weighted by Gasteiger charge is 2.26. The summed E-state index contributed by atoms with van der Waals surface area (Å²) in [6.07, 6.45) is 5.78. The smallest absolute Gasteiger partial charge is 0.354 e. The largest absolute Gasteiger partial charge is 0.480 e. The molecular formula is C98H109N19O18. The van der Waals surface area contributed by atoms with Gasteiger partial charge in [-0.3, -0.25) is 68.6 Å². The van der Waals surface area contributed by atoms with E-state index in [1.807, 2.05) is 77.4 Å². The molecule has 0 radical (unpaired) electrons. The quantitative estimate of drug-likeness (QED) is 0.0156. The van der Waals surface area contributed by atoms with E-state index in [1.54, 1.807) is 66.7 Å². The number of pyridine rings is 10. The monoisotopic (exact) mass is 1840 g/mol. The van der Waals surface area contributed by atoms with Crippen molar-refractivity contribution in [2.45, 2.75) is 137 Å². The Labute approximate surface area is 780 Å². The summed E-state index contributed by atoms with van der Waals surface area (Å²) in [6.45, 7) is 15.4. The second-order valence-corrected chi connectivity index (χ2v) is 32.7. The topological polar surface area (TPSA) is 494 Å². The number of unbranched alkanes of at least 4 members (excludes halogenated alkanes) is 4. The second kappa shape index (κ2) is 51.5. The van der Waals surface area contributed by atoms with Crippen molar-refractivity contribution in [2.75, 3.05) is 91.6 Å². The van der Waals surface area contributed by atoms with E-state index in [2.05, 4.69) is 99.8 Å². The van der Waals surface area contributed by atoms with Crippen molar-refractivity contribution in [2.24, 2.45) is 0 Å². The number of aromatic nitrogens is 10. The molecule has 10 aromatic rings. The van der Waals surface area contributed by atoms with Gasteiger partial charge in [-0.05, 0) is 128 Å². The molecule has 13 rings (SSSR count). The summed E-state index contributed by atoms with van der Waals surface area (Å²) in [7, 11) is 0. The Balaban J connectivity index is 0.000000196. The maximum Gasteiger partial charge on any atom is 0.354 e. The summed E-state index contributed by atoms with van der Waals surface area (Å²) in [6, 6.07) is 48.5. The number of aromatic carboxylic acids is 7. The fourth-order valence-corrected chi connectivity index (χ4v) is 15.4. The molecule has 37 nitrogen and oxygen atoms in total. The molecule has 37 heteroatoms. The highest BCUT2D eigenvalue weighted by Crippen LogP contribution is 2.22. The standard InChI is InChI=1S/C39H46N6O6.C32H33N7O6.C27H30N6O6/c1-3-5-7-8-9-10-13-30-21-34(42-36(23-30)39(50)51)27-44-18-16-43(26-33-20-29(12-6-4-2)22-35(41-33)38(48)49)17-19-45(28-37(46)47)25-32-15-11-14-31(24-44)40-32;40-30(41)27-10-2-7-24(34-27)17-37-13-15-38(20-25-8-3-11-28(35-25)31(42)43)18-22-5-1-6-23(33-22)19-39(16-14-37)21-26-9-4-12-29(36-26)32(44)45;34-25(35)18-33-13-11-31(14-21-6-2-8-23(29-21)26(36)37)10-12-32(15-19-4-1-5-20(16-33)28-19)17-22-7-3-9-24(30-22)27(38)39/h11,14-15,20-23H,3-5,7-9,16-19,24-28H2,1-2H3,(H,46,47)(H,48,49)(H,50,51);1-12H,13-21H2,(H,40,41)(H,42,43)(H,44,45);1-9H,10-18H2,(H,34,35)(H,36,37)(H,38,39). The van der Waals surface area contributed by atoms with Gasteiger partial charge in [-0.1, -0.05) is 105 Å². The molecule has 0 fully saturated rings. The Kier molecular flexibility index (Phi) is 38.5. The number of fused-ring (bicyclic) bond motifs is 6. The van der Waals surface area contributed by atoms with Crippen LogP contribution >= 0.6 is 0 Å². The van der Waals surface area contributed by atoms with Crippen molar-refractivity contribution in [1.82, 2.24) is 93.9 Å². The summed E-state index contributed by atoms with van der Waals surface area (Å²) in [4.78, 5) is 168. The number of carboxylic acid groups (broad SMARTS) is 9. The number of aliphatic carboxylic acids is 2. The third-order valence-corrected chi connectivity index (χ3v) is 21.8. The van der Waals surface area contributed by atoms with Crippen molar-refractivity contribution < 1.29 is 89.1 Å². The average Bonchev–Trinajstić information content (AvgIpc) is 1.03. The van der Waals surface area contributed by atoms with Crippen LogP contribution in [-0.4, -0.2) is 285 Å². The second-order valence-electron chi connectivity index (χ2n) is 32.7. The molecule has 0 atom stereocenters. The SMILES string of the molecule is CCC#Cc1cc(CN2CCN(CC(=O)O)Cc3cccc(n3)CN(Cc3cc(C#CCCCCCC)cc(C(=O)O)n3)CC2)nc(C(=O)O)c1.O=C(O)CN1CCN(Cc2cccc(C(=O)O)n2)CCN(Cc2cccc(C(=O)O)n2)Cc2cccc(n2)C1.O=C(O)c1cccc(CN2CCN(Cc3cccc(C(=O)O)n3)Cc3cccc(n3)CN(Cc3cccc(C(=O)O)n3)CC2)n1. The van der Waals surface area contributed by atoms with Crippen LogP contribution in [0.5, 0.6) is 0 Å². The number of rotatable bonds is 29. The molecule has 0 unspecified atom stereocenters. The van der Waals surface area contributed by atoms with Gasteiger partial charge in [0.25, 0.3) is 0 Å². The molecule has 9 N–H and O–H groups in total. The van der Waals surface area contributed by atoms with Crippen LogP contribution in [0.1, 0.15) is 211 Å². The first-order chi connectivity index (χ1) is 65.1. The molecule has 3 aliphatic heterocycles. The predicted molar refractivity (Wildman–Crippen MR) is 492 cm³/mol. The van der Waals surface area contributed by atoms with Crippen LogP contribution in [0, 0.1) is 23.7 Å². The minimum Gasteiger partial charge on any atom is -0.480 e. The number of hydrogen-bond acceptors (Lipinski definition) is 28. The highest BCUT2D eigenvalue weighted by molar-refractivity contribution is 5.88. The van der Waals surface area contributed by atoms with E-state index in [9.17, 15) is 89.1 Å². The summed E-state index contributed by atoms with van der Waals surface area (Å²) in [5.74, 6) is 2.73. The van der Waals surface area contributed by atoms with Crippen molar-refractivity contribution in [3.8, 4) is 23.7 Å². The van der Waals surface area contributed by atoms with Crippen molar-refractivity contribution in [3.63, 3.8) is 0 Å². The lowest BCUT2D eigenvalue weighted by Crippen LogP contribution is -2.41. The van der Waals surface area contributed by atoms with Gasteiger partial charge in [0.05, 0.1) is 87.1 Å². The molecular weight excluding hydrogens is 1730 g/mol. The first kappa shape index (κ1) is 101. The summed E-state index contributed by atoms with van der Waals surface area (Å²) < 4.78 is 0. The number of carboxylic acids is 9. The third kappa shape index (κ3) is 34.2. The van der Waals surface area contributed by atoms with Crippen LogP contribution in [0.2, 0.25) is 0 Å². The molecule has 13 heterocycles. The van der Waals surface area contributed by atoms with Crippen molar-refractivity contribution >= 4 is 53.7 Å². The maximum atomic E-state index is 12.0. The van der Waals surface area contributed by atoms with Gasteiger partial charge >= 0.3 is 53.7 Å². The Morgan fingerprint density at radius 2 is 0.496 bits per heavy atom. The Morgan fingerprint density at radius 3 is 0.770 bits per heavy atom. The predicted octanol–water partition coefficient (Wildman–Crippen LogP) is 9.31. The first-order valence-electron chi connectivity index (χ1n) is 44.3. The minimum absolute atomic E-state index is 0.0172. The van der Waals surface area contributed by atoms with Gasteiger partial charge in [-0.2, -0.15) is 0 Å². The zero-order valence-corrected chi connectivity index (χ0v) is 75.2. The normalized spacial score (nSPS) is 14.9. The van der Waals surface area contributed by atoms with Crippen LogP contribution in [0.25, 0.3) is 0 Å². The van der Waals surface area contributed by atoms with Gasteiger partial charge in [0.1, 0.15) is 39.9 Å². The van der Waals surface area contributed by atoms with Crippen LogP contribution in [0.15, 0.2) is 170 Å². The molecule has 704 valence electrons. The molecule has 0 saturated heterocycles. The van der Waals surface area contributed by atoms with E-state index in [-0.39, 0.29) is 52.9 Å². The van der Waals surface area contributed by atoms with Crippen LogP contribution in [-0.2, 0) is 94.7 Å². The van der Waals surface area contributed by atoms with Crippen LogP contribution in [0.4, 0.5) is 0 Å². The summed E-state index contributed by atoms with van der Waals surface area (Å²) in [5, 5.41) is 85.7. The fraction of sp³-hybridized carbons (Fsp3) is 0.357. The third-order valence-electron chi connectivity index (χ3n) is 21.8. The zero-order chi connectivity index (χ0) is 96.1. The lowest BCUT2D eigenvalue weighted by atomic mass is 10.1. The summed E-state index contributed by atoms with van der Waals surface area (Å²) >= 11 is 0. The van der Waals surface area contributed by atoms with Crippen LogP contribution < -0.4 is 0 Å². The Bertz CT molecular complexity index is 5860. The summed E-state index contributed by atoms with van der Waals surface area (Å²) in [5.41, 5.74) is 9.87. The van der Waals surface area contributed by atoms with Gasteiger partial charge in [-0.25, -0.2) is 68.4 Å². The lowest BCUT2D eigenvalue weighted by molar-refractivity contribution is -0.139. The van der Waals surface area contributed by atoms with Crippen LogP contribution in [0.3, 0.4) is 0 Å².